The fourth-order valence-electron chi connectivity index (χ4n) is 2.35. The van der Waals surface area contributed by atoms with Gasteiger partial charge < -0.3 is 10.6 Å². The van der Waals surface area contributed by atoms with E-state index in [1.807, 2.05) is 56.3 Å². The zero-order chi connectivity index (χ0) is 19.1. The molecule has 0 radical (unpaired) electrons. The number of hydrogen-bond donors (Lipinski definition) is 2. The molecule has 0 aliphatic carbocycles. The first-order chi connectivity index (χ1) is 13.1. The third kappa shape index (κ3) is 5.77. The van der Waals surface area contributed by atoms with E-state index in [4.69, 9.17) is 0 Å². The van der Waals surface area contributed by atoms with E-state index in [0.717, 1.165) is 15.6 Å². The summed E-state index contributed by atoms with van der Waals surface area (Å²) in [5.41, 5.74) is 1.93. The maximum absolute atomic E-state index is 12.6. The minimum absolute atomic E-state index is 0.00776. The highest BCUT2D eigenvalue weighted by molar-refractivity contribution is 8.02. The van der Waals surface area contributed by atoms with Crippen LogP contribution < -0.4 is 10.6 Å². The molecule has 1 aromatic carbocycles. The molecule has 1 unspecified atom stereocenters. The third-order valence-corrected chi connectivity index (χ3v) is 6.18. The van der Waals surface area contributed by atoms with Crippen molar-refractivity contribution < 1.29 is 4.79 Å². The van der Waals surface area contributed by atoms with Crippen molar-refractivity contribution in [3.63, 3.8) is 0 Å². The minimum atomic E-state index is -0.237. The molecule has 140 valence electrons. The van der Waals surface area contributed by atoms with Crippen molar-refractivity contribution in [2.75, 3.05) is 5.32 Å². The zero-order valence-corrected chi connectivity index (χ0v) is 16.8. The smallest absolute Gasteiger partial charge is 0.234 e. The molecule has 0 fully saturated rings. The van der Waals surface area contributed by atoms with Crippen molar-refractivity contribution in [3.05, 3.63) is 60.4 Å². The van der Waals surface area contributed by atoms with E-state index in [9.17, 15) is 4.79 Å². The molecule has 8 heteroatoms. The van der Waals surface area contributed by atoms with Crippen molar-refractivity contribution in [1.29, 1.82) is 0 Å². The monoisotopic (exact) mass is 399 g/mol. The highest BCUT2D eigenvalue weighted by Crippen LogP contribution is 2.33. The van der Waals surface area contributed by atoms with Gasteiger partial charge in [-0.1, -0.05) is 61.2 Å². The number of anilines is 2. The minimum Gasteiger partial charge on any atom is -0.351 e. The molecule has 2 aromatic heterocycles. The Kier molecular flexibility index (Phi) is 6.78. The molecular formula is C19H21N5OS2. The van der Waals surface area contributed by atoms with E-state index in [2.05, 4.69) is 25.8 Å². The van der Waals surface area contributed by atoms with Crippen LogP contribution >= 0.6 is 23.1 Å². The SMILES string of the molecule is CC(C)C(Sc1nnc(Nc2ccccc2)s1)C(=O)NCc1cccnc1. The second-order valence-corrected chi connectivity index (χ2v) is 8.59. The highest BCUT2D eigenvalue weighted by atomic mass is 32.2. The van der Waals surface area contributed by atoms with Crippen molar-refractivity contribution in [2.24, 2.45) is 5.92 Å². The van der Waals surface area contributed by atoms with Crippen LogP contribution in [0, 0.1) is 5.92 Å². The lowest BCUT2D eigenvalue weighted by Gasteiger charge is -2.18. The number of amides is 1. The van der Waals surface area contributed by atoms with Gasteiger partial charge in [-0.15, -0.1) is 10.2 Å². The van der Waals surface area contributed by atoms with Crippen LogP contribution in [0.2, 0.25) is 0 Å². The van der Waals surface area contributed by atoms with Crippen molar-refractivity contribution in [2.45, 2.75) is 30.0 Å². The lowest BCUT2D eigenvalue weighted by molar-refractivity contribution is -0.121. The number of aromatic nitrogens is 3. The second-order valence-electron chi connectivity index (χ2n) is 6.23. The van der Waals surface area contributed by atoms with Crippen molar-refractivity contribution in [1.82, 2.24) is 20.5 Å². The molecule has 27 heavy (non-hydrogen) atoms. The summed E-state index contributed by atoms with van der Waals surface area (Å²) in [4.78, 5) is 16.7. The maximum Gasteiger partial charge on any atom is 0.234 e. The van der Waals surface area contributed by atoms with Crippen molar-refractivity contribution >= 4 is 39.8 Å². The van der Waals surface area contributed by atoms with Crippen LogP contribution in [0.5, 0.6) is 0 Å². The first-order valence-electron chi connectivity index (χ1n) is 8.60. The molecule has 0 saturated heterocycles. The number of nitrogens with zero attached hydrogens (tertiary/aromatic N) is 3. The second kappa shape index (κ2) is 9.48. The summed E-state index contributed by atoms with van der Waals surface area (Å²) in [6.07, 6.45) is 3.47. The quantitative estimate of drug-likeness (QED) is 0.555. The predicted octanol–water partition coefficient (Wildman–Crippen LogP) is 4.11. The Morgan fingerprint density at radius 1 is 1.15 bits per heavy atom. The summed E-state index contributed by atoms with van der Waals surface area (Å²) in [6, 6.07) is 13.6. The lowest BCUT2D eigenvalue weighted by atomic mass is 10.1. The Balaban J connectivity index is 1.60. The van der Waals surface area contributed by atoms with Gasteiger partial charge in [0.05, 0.1) is 5.25 Å². The molecule has 1 atom stereocenters. The highest BCUT2D eigenvalue weighted by Gasteiger charge is 2.25. The van der Waals surface area contributed by atoms with Gasteiger partial charge in [-0.3, -0.25) is 9.78 Å². The first-order valence-corrected chi connectivity index (χ1v) is 10.3. The van der Waals surface area contributed by atoms with Crippen LogP contribution in [0.4, 0.5) is 10.8 Å². The number of benzene rings is 1. The van der Waals surface area contributed by atoms with Gasteiger partial charge in [0.2, 0.25) is 11.0 Å². The third-order valence-electron chi connectivity index (χ3n) is 3.71. The molecule has 3 aromatic rings. The summed E-state index contributed by atoms with van der Waals surface area (Å²) < 4.78 is 0.767. The standard InChI is InChI=1S/C19H21N5OS2/c1-13(2)16(17(25)21-12-14-7-6-10-20-11-14)26-19-24-23-18(27-19)22-15-8-4-3-5-9-15/h3-11,13,16H,12H2,1-2H3,(H,21,25)(H,22,23). The lowest BCUT2D eigenvalue weighted by Crippen LogP contribution is -2.35. The molecule has 6 nitrogen and oxygen atoms in total. The van der Waals surface area contributed by atoms with Crippen LogP contribution in [-0.4, -0.2) is 26.3 Å². The van der Waals surface area contributed by atoms with E-state index in [1.165, 1.54) is 23.1 Å². The number of carbonyl (C=O) groups excluding carboxylic acids is 1. The van der Waals surface area contributed by atoms with Gasteiger partial charge in [0.1, 0.15) is 0 Å². The topological polar surface area (TPSA) is 79.8 Å². The van der Waals surface area contributed by atoms with Crippen molar-refractivity contribution in [3.8, 4) is 0 Å². The molecule has 2 N–H and O–H groups in total. The van der Waals surface area contributed by atoms with E-state index in [-0.39, 0.29) is 17.1 Å². The van der Waals surface area contributed by atoms with Gasteiger partial charge in [-0.05, 0) is 29.7 Å². The largest absolute Gasteiger partial charge is 0.351 e. The van der Waals surface area contributed by atoms with Crippen LogP contribution in [-0.2, 0) is 11.3 Å². The van der Waals surface area contributed by atoms with Gasteiger partial charge in [-0.25, -0.2) is 0 Å². The van der Waals surface area contributed by atoms with Gasteiger partial charge >= 0.3 is 0 Å². The Bertz CT molecular complexity index is 855. The summed E-state index contributed by atoms with van der Waals surface area (Å²) in [7, 11) is 0. The van der Waals surface area contributed by atoms with Gasteiger partial charge in [0.15, 0.2) is 4.34 Å². The van der Waals surface area contributed by atoms with Crippen LogP contribution in [0.25, 0.3) is 0 Å². The van der Waals surface area contributed by atoms with Crippen LogP contribution in [0.15, 0.2) is 59.2 Å². The number of pyridine rings is 1. The Morgan fingerprint density at radius 2 is 1.96 bits per heavy atom. The average molecular weight is 400 g/mol. The zero-order valence-electron chi connectivity index (χ0n) is 15.1. The normalized spacial score (nSPS) is 12.0. The fourth-order valence-corrected chi connectivity index (χ4v) is 4.35. The van der Waals surface area contributed by atoms with Gasteiger partial charge in [-0.2, -0.15) is 0 Å². The Morgan fingerprint density at radius 3 is 2.67 bits per heavy atom. The van der Waals surface area contributed by atoms with E-state index >= 15 is 0 Å². The molecule has 2 heterocycles. The molecule has 0 saturated carbocycles. The predicted molar refractivity (Wildman–Crippen MR) is 110 cm³/mol. The number of rotatable bonds is 8. The Hall–Kier alpha value is -2.45. The average Bonchev–Trinajstić information content (AvgIpc) is 3.12. The number of nitrogens with one attached hydrogen (secondary N) is 2. The summed E-state index contributed by atoms with van der Waals surface area (Å²) in [5, 5.41) is 15.1. The molecule has 0 aliphatic heterocycles. The summed E-state index contributed by atoms with van der Waals surface area (Å²) >= 11 is 2.89. The molecule has 0 aliphatic rings. The Labute approximate surface area is 166 Å². The number of hydrogen-bond acceptors (Lipinski definition) is 7. The molecular weight excluding hydrogens is 378 g/mol. The fraction of sp³-hybridized carbons (Fsp3) is 0.263. The maximum atomic E-state index is 12.6. The summed E-state index contributed by atoms with van der Waals surface area (Å²) in [5.74, 6) is 0.157. The first kappa shape index (κ1) is 19.3. The number of thioether (sulfide) groups is 1. The van der Waals surface area contributed by atoms with Gasteiger partial charge in [0.25, 0.3) is 0 Å². The van der Waals surface area contributed by atoms with E-state index < -0.39 is 0 Å². The molecule has 0 spiro atoms. The van der Waals surface area contributed by atoms with E-state index in [1.54, 1.807) is 12.4 Å². The number of para-hydroxylation sites is 1. The van der Waals surface area contributed by atoms with Crippen LogP contribution in [0.3, 0.4) is 0 Å². The van der Waals surface area contributed by atoms with E-state index in [0.29, 0.717) is 11.7 Å². The van der Waals surface area contributed by atoms with Crippen LogP contribution in [0.1, 0.15) is 19.4 Å². The molecule has 0 bridgehead atoms. The number of carbonyl (C=O) groups is 1. The summed E-state index contributed by atoms with van der Waals surface area (Å²) in [6.45, 7) is 4.53. The van der Waals surface area contributed by atoms with Gasteiger partial charge in [0, 0.05) is 24.6 Å². The molecule has 3 rings (SSSR count). The molecule has 1 amide bonds.